The molecule has 284 valence electrons. The Kier molecular flexibility index (Phi) is 13.9. The molecule has 4 unspecified atom stereocenters. The second kappa shape index (κ2) is 17.3. The van der Waals surface area contributed by atoms with E-state index < -0.39 is 0 Å². The Labute approximate surface area is 311 Å². The van der Waals surface area contributed by atoms with Gasteiger partial charge in [0.25, 0.3) is 0 Å². The summed E-state index contributed by atoms with van der Waals surface area (Å²) in [5.74, 6) is 3.82. The maximum absolute atomic E-state index is 11.4. The lowest BCUT2D eigenvalue weighted by molar-refractivity contribution is 0.254. The lowest BCUT2D eigenvalue weighted by Crippen LogP contribution is -2.26. The molecule has 7 atom stereocenters. The first-order valence-corrected chi connectivity index (χ1v) is 20.4. The standard InChI is InChI=1S/C47H72O4/c1-12-13-16-31(7)33(9)35-24-41(48)46(42(49)25-35)40-22-32(8)34(23-38(40)29(4)5)17-14-15-20-47(10,11)36-26-43(50)45(44(51)27-36)39-21-30(6)18-19-37(39)28(2)3/h21-22,24-29,31,33-34,37-40,48-51H,12-20,23H2,1-11H3/t31?,33?,34?,37-,38?,39+,40+/m0/s1. The van der Waals surface area contributed by atoms with Crippen molar-refractivity contribution in [3.05, 3.63) is 69.8 Å². The molecule has 4 rings (SSSR count). The third kappa shape index (κ3) is 9.57. The zero-order chi connectivity index (χ0) is 37.8. The van der Waals surface area contributed by atoms with Crippen LogP contribution < -0.4 is 0 Å². The van der Waals surface area contributed by atoms with Gasteiger partial charge >= 0.3 is 0 Å². The normalized spacial score (nSPS) is 24.1. The summed E-state index contributed by atoms with van der Waals surface area (Å²) >= 11 is 0. The van der Waals surface area contributed by atoms with E-state index in [0.717, 1.165) is 62.5 Å². The molecule has 0 spiro atoms. The summed E-state index contributed by atoms with van der Waals surface area (Å²) in [7, 11) is 0. The summed E-state index contributed by atoms with van der Waals surface area (Å²) in [5.41, 5.74) is 5.91. The van der Waals surface area contributed by atoms with Crippen molar-refractivity contribution in [2.24, 2.45) is 35.5 Å². The van der Waals surface area contributed by atoms with Crippen molar-refractivity contribution in [1.82, 2.24) is 0 Å². The van der Waals surface area contributed by atoms with Crippen LogP contribution in [0.5, 0.6) is 23.0 Å². The number of allylic oxidation sites excluding steroid dienone is 4. The molecule has 0 heterocycles. The lowest BCUT2D eigenvalue weighted by atomic mass is 9.67. The molecule has 0 aromatic heterocycles. The molecule has 0 bridgehead atoms. The van der Waals surface area contributed by atoms with Crippen LogP contribution in [0.15, 0.2) is 47.6 Å². The van der Waals surface area contributed by atoms with Crippen molar-refractivity contribution >= 4 is 0 Å². The average molecular weight is 701 g/mol. The van der Waals surface area contributed by atoms with Gasteiger partial charge in [-0.25, -0.2) is 0 Å². The average Bonchev–Trinajstić information content (AvgIpc) is 3.05. The molecule has 0 amide bonds. The first-order valence-electron chi connectivity index (χ1n) is 20.4. The predicted molar refractivity (Wildman–Crippen MR) is 215 cm³/mol. The maximum Gasteiger partial charge on any atom is 0.123 e. The molecular formula is C47H72O4. The highest BCUT2D eigenvalue weighted by atomic mass is 16.3. The van der Waals surface area contributed by atoms with Crippen molar-refractivity contribution in [1.29, 1.82) is 0 Å². The van der Waals surface area contributed by atoms with Gasteiger partial charge in [0.05, 0.1) is 0 Å². The molecule has 2 aliphatic carbocycles. The zero-order valence-corrected chi connectivity index (χ0v) is 34.0. The molecule has 4 N–H and O–H groups in total. The van der Waals surface area contributed by atoms with Gasteiger partial charge in [0, 0.05) is 23.0 Å². The number of benzene rings is 2. The van der Waals surface area contributed by atoms with Gasteiger partial charge in [-0.15, -0.1) is 0 Å². The Morgan fingerprint density at radius 1 is 0.725 bits per heavy atom. The van der Waals surface area contributed by atoms with Crippen LogP contribution in [0.4, 0.5) is 0 Å². The molecule has 4 nitrogen and oxygen atoms in total. The number of hydrogen-bond donors (Lipinski definition) is 4. The van der Waals surface area contributed by atoms with E-state index in [1.807, 2.05) is 24.3 Å². The summed E-state index contributed by atoms with van der Waals surface area (Å²) in [6.45, 7) is 24.6. The highest BCUT2D eigenvalue weighted by Crippen LogP contribution is 2.51. The summed E-state index contributed by atoms with van der Waals surface area (Å²) < 4.78 is 0. The minimum absolute atomic E-state index is 0.00536. The van der Waals surface area contributed by atoms with Gasteiger partial charge in [-0.05, 0) is 128 Å². The fourth-order valence-electron chi connectivity index (χ4n) is 9.48. The molecule has 2 aromatic carbocycles. The predicted octanol–water partition coefficient (Wildman–Crippen LogP) is 13.4. The van der Waals surface area contributed by atoms with Crippen molar-refractivity contribution < 1.29 is 20.4 Å². The summed E-state index contributed by atoms with van der Waals surface area (Å²) in [5, 5.41) is 45.4. The Hall–Kier alpha value is -2.88. The van der Waals surface area contributed by atoms with Crippen LogP contribution in [-0.4, -0.2) is 20.4 Å². The van der Waals surface area contributed by atoms with E-state index in [1.54, 1.807) is 0 Å². The van der Waals surface area contributed by atoms with Crippen molar-refractivity contribution in [2.75, 3.05) is 0 Å². The fraction of sp³-hybridized carbons (Fsp3) is 0.660. The van der Waals surface area contributed by atoms with E-state index in [-0.39, 0.29) is 46.2 Å². The van der Waals surface area contributed by atoms with Crippen molar-refractivity contribution in [3.63, 3.8) is 0 Å². The van der Waals surface area contributed by atoms with Crippen LogP contribution >= 0.6 is 0 Å². The third-order valence-electron chi connectivity index (χ3n) is 13.4. The molecule has 2 aromatic rings. The number of hydrogen-bond acceptors (Lipinski definition) is 4. The third-order valence-corrected chi connectivity index (χ3v) is 13.4. The van der Waals surface area contributed by atoms with Gasteiger partial charge < -0.3 is 20.4 Å². The molecule has 51 heavy (non-hydrogen) atoms. The van der Waals surface area contributed by atoms with E-state index >= 15 is 0 Å². The Morgan fingerprint density at radius 2 is 1.27 bits per heavy atom. The molecule has 0 aliphatic heterocycles. The largest absolute Gasteiger partial charge is 0.507 e. The van der Waals surface area contributed by atoms with Gasteiger partial charge in [0.15, 0.2) is 0 Å². The number of phenols is 4. The van der Waals surface area contributed by atoms with E-state index in [2.05, 4.69) is 88.3 Å². The Morgan fingerprint density at radius 3 is 1.82 bits per heavy atom. The topological polar surface area (TPSA) is 80.9 Å². The summed E-state index contributed by atoms with van der Waals surface area (Å²) in [6, 6.07) is 7.66. The quantitative estimate of drug-likeness (QED) is 0.110. The minimum Gasteiger partial charge on any atom is -0.507 e. The Balaban J connectivity index is 1.43. The van der Waals surface area contributed by atoms with Crippen LogP contribution in [-0.2, 0) is 5.41 Å². The summed E-state index contributed by atoms with van der Waals surface area (Å²) in [6.07, 6.45) is 15.6. The van der Waals surface area contributed by atoms with Crippen LogP contribution in [0, 0.1) is 35.5 Å². The van der Waals surface area contributed by atoms with Crippen LogP contribution in [0.25, 0.3) is 0 Å². The number of rotatable bonds is 15. The van der Waals surface area contributed by atoms with Gasteiger partial charge in [-0.1, -0.05) is 118 Å². The van der Waals surface area contributed by atoms with Gasteiger partial charge in [-0.2, -0.15) is 0 Å². The number of unbranched alkanes of at least 4 members (excludes halogenated alkanes) is 2. The molecule has 0 saturated heterocycles. The summed E-state index contributed by atoms with van der Waals surface area (Å²) in [4.78, 5) is 0. The fourth-order valence-corrected chi connectivity index (χ4v) is 9.48. The van der Waals surface area contributed by atoms with Crippen LogP contribution in [0.3, 0.4) is 0 Å². The second-order valence-corrected chi connectivity index (χ2v) is 18.2. The van der Waals surface area contributed by atoms with E-state index in [0.29, 0.717) is 46.6 Å². The molecular weight excluding hydrogens is 629 g/mol. The molecule has 4 heteroatoms. The minimum atomic E-state index is -0.182. The second-order valence-electron chi connectivity index (χ2n) is 18.2. The van der Waals surface area contributed by atoms with Gasteiger partial charge in [0.2, 0.25) is 0 Å². The van der Waals surface area contributed by atoms with Crippen molar-refractivity contribution in [3.8, 4) is 23.0 Å². The molecule has 0 fully saturated rings. The lowest BCUT2D eigenvalue weighted by Gasteiger charge is -2.38. The van der Waals surface area contributed by atoms with E-state index in [9.17, 15) is 20.4 Å². The maximum atomic E-state index is 11.4. The van der Waals surface area contributed by atoms with Gasteiger partial charge in [-0.3, -0.25) is 0 Å². The smallest absolute Gasteiger partial charge is 0.123 e. The van der Waals surface area contributed by atoms with E-state index in [4.69, 9.17) is 0 Å². The Bertz CT molecular complexity index is 1480. The SMILES string of the molecule is CCCCC(C)C(C)c1cc(O)c([C@@H]2C=C(C)C(CCCCC(C)(C)c3cc(O)c([C@@H]4C=C(C)CC[C@H]4C(C)C)c(O)c3)CC2C(C)C)c(O)c1. The van der Waals surface area contributed by atoms with Crippen LogP contribution in [0.1, 0.15) is 180 Å². The van der Waals surface area contributed by atoms with E-state index in [1.165, 1.54) is 24.0 Å². The van der Waals surface area contributed by atoms with Crippen LogP contribution in [0.2, 0.25) is 0 Å². The number of aromatic hydroxyl groups is 4. The first-order chi connectivity index (χ1) is 24.0. The van der Waals surface area contributed by atoms with Crippen molar-refractivity contribution in [2.45, 2.75) is 164 Å². The number of phenolic OH excluding ortho intramolecular Hbond substituents is 4. The molecule has 0 radical (unpaired) electrons. The first kappa shape index (κ1) is 40.9. The zero-order valence-electron chi connectivity index (χ0n) is 34.0. The molecule has 2 aliphatic rings. The highest BCUT2D eigenvalue weighted by molar-refractivity contribution is 5.53. The highest BCUT2D eigenvalue weighted by Gasteiger charge is 2.36. The monoisotopic (exact) mass is 701 g/mol. The van der Waals surface area contributed by atoms with Gasteiger partial charge in [0.1, 0.15) is 23.0 Å². The molecule has 0 saturated carbocycles.